The van der Waals surface area contributed by atoms with Gasteiger partial charge < -0.3 is 10.2 Å². The van der Waals surface area contributed by atoms with Gasteiger partial charge in [0.1, 0.15) is 0 Å². The maximum atomic E-state index is 12.5. The molecule has 1 N–H and O–H groups in total. The van der Waals surface area contributed by atoms with Gasteiger partial charge in [-0.05, 0) is 37.5 Å². The van der Waals surface area contributed by atoms with Gasteiger partial charge in [0, 0.05) is 29.2 Å². The molecule has 3 rings (SSSR count). The fraction of sp³-hybridized carbons (Fsp3) is 0.579. The maximum Gasteiger partial charge on any atom is 0.229 e. The largest absolute Gasteiger partial charge is 0.339 e. The van der Waals surface area contributed by atoms with Gasteiger partial charge in [-0.3, -0.25) is 9.59 Å². The molecule has 2 amide bonds. The molecular formula is C19H25BrN2O2. The van der Waals surface area contributed by atoms with Crippen LogP contribution in [0.1, 0.15) is 50.5 Å². The van der Waals surface area contributed by atoms with E-state index in [2.05, 4.69) is 21.2 Å². The van der Waals surface area contributed by atoms with E-state index < -0.39 is 0 Å². The van der Waals surface area contributed by atoms with Gasteiger partial charge >= 0.3 is 0 Å². The number of hydrogen-bond acceptors (Lipinski definition) is 2. The molecule has 0 spiro atoms. The van der Waals surface area contributed by atoms with Crippen LogP contribution < -0.4 is 5.32 Å². The van der Waals surface area contributed by atoms with Crippen LogP contribution in [0.2, 0.25) is 0 Å². The molecule has 2 aliphatic rings. The highest BCUT2D eigenvalue weighted by Crippen LogP contribution is 2.29. The van der Waals surface area contributed by atoms with Crippen molar-refractivity contribution in [3.63, 3.8) is 0 Å². The summed E-state index contributed by atoms with van der Waals surface area (Å²) in [5.74, 6) is -0.136. The first-order valence-corrected chi connectivity index (χ1v) is 9.70. The van der Waals surface area contributed by atoms with E-state index in [1.165, 1.54) is 25.7 Å². The first kappa shape index (κ1) is 17.5. The van der Waals surface area contributed by atoms with E-state index in [1.807, 2.05) is 30.0 Å². The van der Waals surface area contributed by atoms with Crippen LogP contribution in [0.4, 0.5) is 5.69 Å². The lowest BCUT2D eigenvalue weighted by molar-refractivity contribution is -0.130. The van der Waals surface area contributed by atoms with Crippen LogP contribution >= 0.6 is 15.9 Å². The number of benzene rings is 1. The van der Waals surface area contributed by atoms with Gasteiger partial charge in [-0.15, -0.1) is 0 Å². The summed E-state index contributed by atoms with van der Waals surface area (Å²) >= 11 is 3.48. The van der Waals surface area contributed by atoms with Crippen molar-refractivity contribution in [3.8, 4) is 0 Å². The molecule has 2 fully saturated rings. The summed E-state index contributed by atoms with van der Waals surface area (Å²) in [6.45, 7) is 2.58. The summed E-state index contributed by atoms with van der Waals surface area (Å²) in [5.41, 5.74) is 1.90. The van der Waals surface area contributed by atoms with Gasteiger partial charge in [0.15, 0.2) is 0 Å². The first-order chi connectivity index (χ1) is 11.5. The van der Waals surface area contributed by atoms with Gasteiger partial charge in [0.2, 0.25) is 11.8 Å². The van der Waals surface area contributed by atoms with E-state index in [4.69, 9.17) is 0 Å². The predicted octanol–water partition coefficient (Wildman–Crippen LogP) is 4.27. The molecule has 5 heteroatoms. The molecule has 1 aromatic rings. The summed E-state index contributed by atoms with van der Waals surface area (Å²) in [5, 5.41) is 2.96. The lowest BCUT2D eigenvalue weighted by atomic mass is 10.1. The van der Waals surface area contributed by atoms with Gasteiger partial charge in [0.25, 0.3) is 0 Å². The van der Waals surface area contributed by atoms with Gasteiger partial charge in [-0.2, -0.15) is 0 Å². The van der Waals surface area contributed by atoms with Crippen LogP contribution in [0.15, 0.2) is 22.7 Å². The van der Waals surface area contributed by atoms with Crippen molar-refractivity contribution < 1.29 is 9.59 Å². The van der Waals surface area contributed by atoms with Crippen molar-refractivity contribution in [3.05, 3.63) is 28.2 Å². The number of nitrogens with zero attached hydrogens (tertiary/aromatic N) is 1. The number of aryl methyl sites for hydroxylation is 1. The first-order valence-electron chi connectivity index (χ1n) is 8.91. The number of likely N-dealkylation sites (tertiary alicyclic amines) is 1. The molecule has 1 aliphatic carbocycles. The molecule has 1 unspecified atom stereocenters. The fourth-order valence-corrected chi connectivity index (χ4v) is 4.12. The standard InChI is InChI=1S/C19H25BrN2O2/c1-13-8-9-15(11-17(13)20)21-19(24)14-10-18(23)22(12-14)16-6-4-2-3-5-7-16/h8-9,11,14,16H,2-7,10,12H2,1H3,(H,21,24). The minimum atomic E-state index is -0.235. The number of halogens is 1. The zero-order chi connectivity index (χ0) is 17.1. The summed E-state index contributed by atoms with van der Waals surface area (Å²) < 4.78 is 0.975. The van der Waals surface area contributed by atoms with E-state index in [1.54, 1.807) is 0 Å². The molecule has 1 saturated heterocycles. The number of rotatable bonds is 3. The molecule has 130 valence electrons. The van der Waals surface area contributed by atoms with Crippen molar-refractivity contribution in [2.24, 2.45) is 5.92 Å². The number of carbonyl (C=O) groups is 2. The van der Waals surface area contributed by atoms with Crippen LogP contribution in [0, 0.1) is 12.8 Å². The average Bonchev–Trinajstić information content (AvgIpc) is 2.77. The number of anilines is 1. The minimum Gasteiger partial charge on any atom is -0.339 e. The fourth-order valence-electron chi connectivity index (χ4n) is 3.74. The van der Waals surface area contributed by atoms with Crippen molar-refractivity contribution in [1.82, 2.24) is 4.90 Å². The van der Waals surface area contributed by atoms with Gasteiger partial charge in [0.05, 0.1) is 5.92 Å². The van der Waals surface area contributed by atoms with E-state index in [0.29, 0.717) is 19.0 Å². The Kier molecular flexibility index (Phi) is 5.59. The molecule has 1 saturated carbocycles. The highest BCUT2D eigenvalue weighted by atomic mass is 79.9. The van der Waals surface area contributed by atoms with Crippen LogP contribution in [-0.4, -0.2) is 29.3 Å². The summed E-state index contributed by atoms with van der Waals surface area (Å²) in [4.78, 5) is 26.9. The Labute approximate surface area is 152 Å². The highest BCUT2D eigenvalue weighted by molar-refractivity contribution is 9.10. The second-order valence-electron chi connectivity index (χ2n) is 7.05. The molecule has 24 heavy (non-hydrogen) atoms. The van der Waals surface area contributed by atoms with Crippen LogP contribution in [-0.2, 0) is 9.59 Å². The molecule has 0 radical (unpaired) electrons. The number of hydrogen-bond donors (Lipinski definition) is 1. The van der Waals surface area contributed by atoms with Crippen molar-refractivity contribution in [1.29, 1.82) is 0 Å². The van der Waals surface area contributed by atoms with Crippen molar-refractivity contribution >= 4 is 33.4 Å². The van der Waals surface area contributed by atoms with Crippen LogP contribution in [0.3, 0.4) is 0 Å². The van der Waals surface area contributed by atoms with Crippen molar-refractivity contribution in [2.45, 2.75) is 57.9 Å². The molecule has 1 aromatic carbocycles. The zero-order valence-corrected chi connectivity index (χ0v) is 15.8. The molecule has 1 atom stereocenters. The van der Waals surface area contributed by atoms with Crippen molar-refractivity contribution in [2.75, 3.05) is 11.9 Å². The van der Waals surface area contributed by atoms with E-state index >= 15 is 0 Å². The third-order valence-corrected chi connectivity index (χ3v) is 6.09. The normalized spacial score (nSPS) is 22.5. The zero-order valence-electron chi connectivity index (χ0n) is 14.2. The summed E-state index contributed by atoms with van der Waals surface area (Å²) in [6, 6.07) is 6.12. The highest BCUT2D eigenvalue weighted by Gasteiger charge is 2.37. The smallest absolute Gasteiger partial charge is 0.229 e. The van der Waals surface area contributed by atoms with E-state index in [0.717, 1.165) is 28.6 Å². The summed E-state index contributed by atoms with van der Waals surface area (Å²) in [7, 11) is 0. The SMILES string of the molecule is Cc1ccc(NC(=O)C2CC(=O)N(C3CCCCCC3)C2)cc1Br. The molecule has 1 aliphatic heterocycles. The number of carbonyl (C=O) groups excluding carboxylic acids is 2. The summed E-state index contributed by atoms with van der Waals surface area (Å²) in [6.07, 6.45) is 7.45. The third kappa shape index (κ3) is 4.00. The van der Waals surface area contributed by atoms with Gasteiger partial charge in [-0.1, -0.05) is 47.7 Å². The monoisotopic (exact) mass is 392 g/mol. The third-order valence-electron chi connectivity index (χ3n) is 5.23. The topological polar surface area (TPSA) is 49.4 Å². The van der Waals surface area contributed by atoms with Crippen LogP contribution in [0.5, 0.6) is 0 Å². The second kappa shape index (κ2) is 7.68. The quantitative estimate of drug-likeness (QED) is 0.780. The van der Waals surface area contributed by atoms with Crippen LogP contribution in [0.25, 0.3) is 0 Å². The second-order valence-corrected chi connectivity index (χ2v) is 7.90. The lowest BCUT2D eigenvalue weighted by Crippen LogP contribution is -2.37. The average molecular weight is 393 g/mol. The maximum absolute atomic E-state index is 12.5. The predicted molar refractivity (Wildman–Crippen MR) is 98.8 cm³/mol. The molecule has 1 heterocycles. The molecule has 4 nitrogen and oxygen atoms in total. The Hall–Kier alpha value is -1.36. The van der Waals surface area contributed by atoms with E-state index in [-0.39, 0.29) is 17.7 Å². The minimum absolute atomic E-state index is 0.0461. The molecule has 0 bridgehead atoms. The number of amides is 2. The Morgan fingerprint density at radius 2 is 1.92 bits per heavy atom. The molecular weight excluding hydrogens is 368 g/mol. The van der Waals surface area contributed by atoms with E-state index in [9.17, 15) is 9.59 Å². The lowest BCUT2D eigenvalue weighted by Gasteiger charge is -2.27. The Balaban J connectivity index is 1.61. The Bertz CT molecular complexity index is 624. The molecule has 0 aromatic heterocycles. The van der Waals surface area contributed by atoms with Gasteiger partial charge in [-0.25, -0.2) is 0 Å². The Morgan fingerprint density at radius 1 is 1.21 bits per heavy atom. The number of nitrogens with one attached hydrogen (secondary N) is 1. The Morgan fingerprint density at radius 3 is 2.58 bits per heavy atom.